The Morgan fingerprint density at radius 1 is 1.00 bits per heavy atom. The maximum atomic E-state index is 12.4. The van der Waals surface area contributed by atoms with E-state index >= 15 is 0 Å². The SMILES string of the molecule is O=C(O)CCCc1cccc(C(=O)c2ccc(Cl)cc2)c1. The first-order valence-electron chi connectivity index (χ1n) is 6.67. The number of ketones is 1. The second-order valence-electron chi connectivity index (χ2n) is 4.78. The average Bonchev–Trinajstić information content (AvgIpc) is 2.47. The van der Waals surface area contributed by atoms with Crippen LogP contribution in [0.4, 0.5) is 0 Å². The van der Waals surface area contributed by atoms with Crippen molar-refractivity contribution in [1.82, 2.24) is 0 Å². The molecule has 21 heavy (non-hydrogen) atoms. The summed E-state index contributed by atoms with van der Waals surface area (Å²) in [5.41, 5.74) is 2.16. The van der Waals surface area contributed by atoms with Gasteiger partial charge in [-0.2, -0.15) is 0 Å². The lowest BCUT2D eigenvalue weighted by Gasteiger charge is -2.05. The van der Waals surface area contributed by atoms with Crippen LogP contribution < -0.4 is 0 Å². The Balaban J connectivity index is 2.11. The van der Waals surface area contributed by atoms with E-state index in [1.807, 2.05) is 18.2 Å². The molecule has 0 saturated heterocycles. The molecule has 0 spiro atoms. The minimum absolute atomic E-state index is 0.0632. The zero-order valence-electron chi connectivity index (χ0n) is 11.4. The van der Waals surface area contributed by atoms with Crippen molar-refractivity contribution in [3.05, 3.63) is 70.2 Å². The molecule has 0 unspecified atom stereocenters. The molecule has 0 saturated carbocycles. The molecule has 0 aliphatic carbocycles. The topological polar surface area (TPSA) is 54.4 Å². The number of hydrogen-bond acceptors (Lipinski definition) is 2. The predicted octanol–water partition coefficient (Wildman–Crippen LogP) is 3.98. The third kappa shape index (κ3) is 4.43. The van der Waals surface area contributed by atoms with Crippen molar-refractivity contribution in [2.75, 3.05) is 0 Å². The molecule has 4 heteroatoms. The standard InChI is InChI=1S/C17H15ClO3/c18-15-9-7-13(8-10-15)17(21)14-5-1-3-12(11-14)4-2-6-16(19)20/h1,3,5,7-11H,2,4,6H2,(H,19,20). The van der Waals surface area contributed by atoms with Crippen LogP contribution in [0.25, 0.3) is 0 Å². The number of hydrogen-bond donors (Lipinski definition) is 1. The van der Waals surface area contributed by atoms with Gasteiger partial charge in [0.15, 0.2) is 5.78 Å². The number of rotatable bonds is 6. The van der Waals surface area contributed by atoms with Crippen molar-refractivity contribution in [3.63, 3.8) is 0 Å². The summed E-state index contributed by atoms with van der Waals surface area (Å²) >= 11 is 5.81. The van der Waals surface area contributed by atoms with Gasteiger partial charge in [0.05, 0.1) is 0 Å². The normalized spacial score (nSPS) is 10.3. The van der Waals surface area contributed by atoms with Crippen molar-refractivity contribution in [2.24, 2.45) is 0 Å². The van der Waals surface area contributed by atoms with Crippen LogP contribution in [0.2, 0.25) is 5.02 Å². The van der Waals surface area contributed by atoms with Crippen molar-refractivity contribution in [2.45, 2.75) is 19.3 Å². The number of carboxylic acids is 1. The van der Waals surface area contributed by atoms with E-state index in [1.165, 1.54) is 0 Å². The lowest BCUT2D eigenvalue weighted by atomic mass is 9.99. The molecular formula is C17H15ClO3. The van der Waals surface area contributed by atoms with Gasteiger partial charge in [-0.3, -0.25) is 9.59 Å². The number of halogens is 1. The molecule has 0 aromatic heterocycles. The van der Waals surface area contributed by atoms with E-state index in [9.17, 15) is 9.59 Å². The molecule has 108 valence electrons. The van der Waals surface area contributed by atoms with E-state index in [0.29, 0.717) is 29.0 Å². The average molecular weight is 303 g/mol. The molecule has 2 rings (SSSR count). The number of aliphatic carboxylic acids is 1. The Labute approximate surface area is 128 Å². The minimum Gasteiger partial charge on any atom is -0.481 e. The molecule has 0 fully saturated rings. The number of aryl methyl sites for hydroxylation is 1. The predicted molar refractivity (Wildman–Crippen MR) is 81.9 cm³/mol. The lowest BCUT2D eigenvalue weighted by molar-refractivity contribution is -0.137. The molecule has 1 N–H and O–H groups in total. The van der Waals surface area contributed by atoms with Crippen molar-refractivity contribution >= 4 is 23.4 Å². The monoisotopic (exact) mass is 302 g/mol. The zero-order chi connectivity index (χ0) is 15.2. The number of carbonyl (C=O) groups excluding carboxylic acids is 1. The van der Waals surface area contributed by atoms with Crippen LogP contribution in [-0.4, -0.2) is 16.9 Å². The summed E-state index contributed by atoms with van der Waals surface area (Å²) in [6.07, 6.45) is 1.34. The quantitative estimate of drug-likeness (QED) is 0.821. The highest BCUT2D eigenvalue weighted by molar-refractivity contribution is 6.30. The highest BCUT2D eigenvalue weighted by Crippen LogP contribution is 2.16. The van der Waals surface area contributed by atoms with Gasteiger partial charge in [0, 0.05) is 22.6 Å². The van der Waals surface area contributed by atoms with Crippen LogP contribution in [0.1, 0.15) is 34.3 Å². The molecule has 0 radical (unpaired) electrons. The Hall–Kier alpha value is -2.13. The first kappa shape index (κ1) is 15.3. The van der Waals surface area contributed by atoms with Gasteiger partial charge in [-0.15, -0.1) is 0 Å². The molecule has 0 atom stereocenters. The number of carbonyl (C=O) groups is 2. The second kappa shape index (κ2) is 7.04. The smallest absolute Gasteiger partial charge is 0.303 e. The third-order valence-corrected chi connectivity index (χ3v) is 3.40. The van der Waals surface area contributed by atoms with Gasteiger partial charge in [-0.1, -0.05) is 29.8 Å². The molecule has 2 aromatic carbocycles. The molecule has 0 aliphatic heterocycles. The number of carboxylic acid groups (broad SMARTS) is 1. The lowest BCUT2D eigenvalue weighted by Crippen LogP contribution is -2.02. The Morgan fingerprint density at radius 2 is 1.71 bits per heavy atom. The van der Waals surface area contributed by atoms with Crippen LogP contribution in [0.5, 0.6) is 0 Å². The highest BCUT2D eigenvalue weighted by Gasteiger charge is 2.09. The maximum absolute atomic E-state index is 12.4. The van der Waals surface area contributed by atoms with Crippen molar-refractivity contribution in [3.8, 4) is 0 Å². The highest BCUT2D eigenvalue weighted by atomic mass is 35.5. The summed E-state index contributed by atoms with van der Waals surface area (Å²) in [7, 11) is 0. The Kier molecular flexibility index (Phi) is 5.12. The maximum Gasteiger partial charge on any atom is 0.303 e. The molecule has 0 heterocycles. The second-order valence-corrected chi connectivity index (χ2v) is 5.22. The fourth-order valence-corrected chi connectivity index (χ4v) is 2.21. The van der Waals surface area contributed by atoms with Gasteiger partial charge in [0.1, 0.15) is 0 Å². The van der Waals surface area contributed by atoms with Crippen molar-refractivity contribution in [1.29, 1.82) is 0 Å². The van der Waals surface area contributed by atoms with E-state index in [1.54, 1.807) is 30.3 Å². The van der Waals surface area contributed by atoms with Crippen LogP contribution in [-0.2, 0) is 11.2 Å². The third-order valence-electron chi connectivity index (χ3n) is 3.15. The van der Waals surface area contributed by atoms with E-state index in [2.05, 4.69) is 0 Å². The largest absolute Gasteiger partial charge is 0.481 e. The van der Waals surface area contributed by atoms with E-state index in [4.69, 9.17) is 16.7 Å². The fourth-order valence-electron chi connectivity index (χ4n) is 2.08. The van der Waals surface area contributed by atoms with Crippen LogP contribution >= 0.6 is 11.6 Å². The zero-order valence-corrected chi connectivity index (χ0v) is 12.1. The molecule has 0 amide bonds. The van der Waals surface area contributed by atoms with Gasteiger partial charge < -0.3 is 5.11 Å². The molecule has 0 aliphatic rings. The van der Waals surface area contributed by atoms with E-state index in [0.717, 1.165) is 5.56 Å². The summed E-state index contributed by atoms with van der Waals surface area (Å²) in [5, 5.41) is 9.23. The van der Waals surface area contributed by atoms with Crippen LogP contribution in [0.15, 0.2) is 48.5 Å². The van der Waals surface area contributed by atoms with Gasteiger partial charge in [0.2, 0.25) is 0 Å². The first-order valence-corrected chi connectivity index (χ1v) is 7.05. The summed E-state index contributed by atoms with van der Waals surface area (Å²) < 4.78 is 0. The Bertz CT molecular complexity index is 647. The molecule has 3 nitrogen and oxygen atoms in total. The van der Waals surface area contributed by atoms with Crippen molar-refractivity contribution < 1.29 is 14.7 Å². The van der Waals surface area contributed by atoms with E-state index < -0.39 is 5.97 Å². The minimum atomic E-state index is -0.802. The summed E-state index contributed by atoms with van der Waals surface area (Å²) in [6.45, 7) is 0. The summed E-state index contributed by atoms with van der Waals surface area (Å²) in [6, 6.07) is 14.1. The van der Waals surface area contributed by atoms with Gasteiger partial charge in [-0.25, -0.2) is 0 Å². The van der Waals surface area contributed by atoms with Crippen LogP contribution in [0.3, 0.4) is 0 Å². The Morgan fingerprint density at radius 3 is 2.38 bits per heavy atom. The molecular weight excluding hydrogens is 288 g/mol. The fraction of sp³-hybridized carbons (Fsp3) is 0.176. The summed E-state index contributed by atoms with van der Waals surface area (Å²) in [4.78, 5) is 22.9. The first-order chi connectivity index (χ1) is 10.1. The molecule has 0 bridgehead atoms. The van der Waals surface area contributed by atoms with Crippen LogP contribution in [0, 0.1) is 0 Å². The van der Waals surface area contributed by atoms with Gasteiger partial charge in [-0.05, 0) is 48.7 Å². The van der Waals surface area contributed by atoms with Gasteiger partial charge in [0.25, 0.3) is 0 Å². The molecule has 2 aromatic rings. The summed E-state index contributed by atoms with van der Waals surface area (Å²) in [5.74, 6) is -0.866. The van der Waals surface area contributed by atoms with E-state index in [-0.39, 0.29) is 12.2 Å². The van der Waals surface area contributed by atoms with Gasteiger partial charge >= 0.3 is 5.97 Å². The number of benzene rings is 2.